The number of carboxylic acid groups (broad SMARTS) is 1. The zero-order chi connectivity index (χ0) is 8.85. The molecule has 0 aromatic rings. The molecular formula is C5H4Cl2O3S. The molecule has 1 N–H and O–H groups in total. The van der Waals surface area contributed by atoms with Crippen LogP contribution in [-0.4, -0.2) is 22.6 Å². The van der Waals surface area contributed by atoms with Crippen LogP contribution in [0.2, 0.25) is 0 Å². The van der Waals surface area contributed by atoms with E-state index >= 15 is 0 Å². The van der Waals surface area contributed by atoms with Gasteiger partial charge < -0.3 is 5.11 Å². The molecule has 0 aromatic carbocycles. The van der Waals surface area contributed by atoms with Crippen molar-refractivity contribution in [3.63, 3.8) is 0 Å². The summed E-state index contributed by atoms with van der Waals surface area (Å²) in [4.78, 5) is 20.4. The van der Waals surface area contributed by atoms with Gasteiger partial charge in [0.05, 0.1) is 10.1 Å². The molecule has 6 heteroatoms. The fourth-order valence-corrected chi connectivity index (χ4v) is 1.04. The lowest BCUT2D eigenvalue weighted by atomic mass is 10.5. The Balaban J connectivity index is 3.72. The van der Waals surface area contributed by atoms with Gasteiger partial charge in [-0.25, -0.2) is 4.79 Å². The van der Waals surface area contributed by atoms with Crippen molar-refractivity contribution in [2.75, 3.05) is 5.75 Å². The van der Waals surface area contributed by atoms with Gasteiger partial charge in [-0.05, 0) is 0 Å². The Morgan fingerprint density at radius 3 is 2.45 bits per heavy atom. The van der Waals surface area contributed by atoms with Gasteiger partial charge in [0.15, 0.2) is 0 Å². The van der Waals surface area contributed by atoms with E-state index in [1.54, 1.807) is 0 Å². The average Bonchev–Trinajstić information content (AvgIpc) is 1.99. The highest BCUT2D eigenvalue weighted by atomic mass is 35.5. The average molecular weight is 215 g/mol. The molecule has 0 radical (unpaired) electrons. The predicted octanol–water partition coefficient (Wildman–Crippen LogP) is 1.65. The Kier molecular flexibility index (Phi) is 5.36. The third kappa shape index (κ3) is 5.12. The van der Waals surface area contributed by atoms with Crippen molar-refractivity contribution in [1.29, 1.82) is 0 Å². The summed E-state index contributed by atoms with van der Waals surface area (Å²) in [7, 11) is 0. The number of hydrogen-bond donors (Lipinski definition) is 1. The first-order chi connectivity index (χ1) is 5.07. The molecule has 0 bridgehead atoms. The maximum atomic E-state index is 10.4. The summed E-state index contributed by atoms with van der Waals surface area (Å²) >= 11 is 11.4. The van der Waals surface area contributed by atoms with Crippen LogP contribution in [0.4, 0.5) is 0 Å². The summed E-state index contributed by atoms with van der Waals surface area (Å²) in [6.45, 7) is 0. The minimum atomic E-state index is -1.46. The number of carbonyl (C=O) groups is 2. The molecule has 0 saturated carbocycles. The van der Waals surface area contributed by atoms with Crippen LogP contribution in [0.1, 0.15) is 0 Å². The van der Waals surface area contributed by atoms with E-state index in [1.165, 1.54) is 0 Å². The summed E-state index contributed by atoms with van der Waals surface area (Å²) < 4.78 is 0.196. The van der Waals surface area contributed by atoms with Gasteiger partial charge >= 0.3 is 5.97 Å². The Labute approximate surface area is 77.4 Å². The fourth-order valence-electron chi connectivity index (χ4n) is 0.228. The van der Waals surface area contributed by atoms with Crippen LogP contribution in [0, 0.1) is 0 Å². The van der Waals surface area contributed by atoms with Crippen LogP contribution in [0.3, 0.4) is 0 Å². The minimum absolute atomic E-state index is 0.196. The van der Waals surface area contributed by atoms with E-state index < -0.39 is 11.8 Å². The second-order valence-corrected chi connectivity index (χ2v) is 3.30. The third-order valence-electron chi connectivity index (χ3n) is 0.665. The molecule has 0 rings (SSSR count). The lowest BCUT2D eigenvalue weighted by Gasteiger charge is -1.92. The van der Waals surface area contributed by atoms with Gasteiger partial charge in [-0.1, -0.05) is 23.2 Å². The number of hydrogen-bond acceptors (Lipinski definition) is 3. The Morgan fingerprint density at radius 1 is 1.55 bits per heavy atom. The summed E-state index contributed by atoms with van der Waals surface area (Å²) in [6.07, 6.45) is 0. The SMILES string of the molecule is O=C(O)C(=O)CS/C(Cl)=C/Cl. The number of Topliss-reactive ketones (excluding diaryl/α,β-unsaturated/α-hetero) is 1. The number of carbonyl (C=O) groups excluding carboxylic acids is 1. The quantitative estimate of drug-likeness (QED) is 0.724. The van der Waals surface area contributed by atoms with E-state index in [0.717, 1.165) is 17.3 Å². The van der Waals surface area contributed by atoms with Crippen molar-refractivity contribution in [2.24, 2.45) is 0 Å². The van der Waals surface area contributed by atoms with Gasteiger partial charge in [-0.3, -0.25) is 4.79 Å². The highest BCUT2D eigenvalue weighted by Crippen LogP contribution is 2.20. The largest absolute Gasteiger partial charge is 0.475 e. The summed E-state index contributed by atoms with van der Waals surface area (Å²) in [5.74, 6) is -2.56. The summed E-state index contributed by atoms with van der Waals surface area (Å²) in [6, 6.07) is 0. The maximum absolute atomic E-state index is 10.4. The van der Waals surface area contributed by atoms with Crippen LogP contribution in [0.15, 0.2) is 9.90 Å². The van der Waals surface area contributed by atoms with Gasteiger partial charge in [-0.15, -0.1) is 11.8 Å². The second-order valence-electron chi connectivity index (χ2n) is 1.43. The van der Waals surface area contributed by atoms with Crippen LogP contribution in [-0.2, 0) is 9.59 Å². The predicted molar refractivity (Wildman–Crippen MR) is 44.9 cm³/mol. The third-order valence-corrected chi connectivity index (χ3v) is 2.36. The van der Waals surface area contributed by atoms with Crippen molar-refractivity contribution in [1.82, 2.24) is 0 Å². The van der Waals surface area contributed by atoms with Crippen molar-refractivity contribution in [2.45, 2.75) is 0 Å². The van der Waals surface area contributed by atoms with Crippen molar-refractivity contribution >= 4 is 46.7 Å². The summed E-state index contributed by atoms with van der Waals surface area (Å²) in [5.41, 5.74) is 1.07. The van der Waals surface area contributed by atoms with Gasteiger partial charge in [0.25, 0.3) is 0 Å². The molecule has 0 aliphatic carbocycles. The Bertz CT molecular complexity index is 202. The Hall–Kier alpha value is -0.190. The van der Waals surface area contributed by atoms with E-state index in [9.17, 15) is 9.59 Å². The van der Waals surface area contributed by atoms with Crippen molar-refractivity contribution < 1.29 is 14.7 Å². The fraction of sp³-hybridized carbons (Fsp3) is 0.200. The molecule has 0 atom stereocenters. The number of rotatable bonds is 4. The zero-order valence-corrected chi connectivity index (χ0v) is 7.54. The maximum Gasteiger partial charge on any atom is 0.373 e. The van der Waals surface area contributed by atoms with Crippen molar-refractivity contribution in [3.8, 4) is 0 Å². The smallest absolute Gasteiger partial charge is 0.373 e. The van der Waals surface area contributed by atoms with E-state index in [2.05, 4.69) is 0 Å². The molecule has 3 nitrogen and oxygen atoms in total. The molecule has 0 spiro atoms. The molecule has 11 heavy (non-hydrogen) atoms. The normalized spacial score (nSPS) is 11.3. The minimum Gasteiger partial charge on any atom is -0.475 e. The number of halogens is 2. The van der Waals surface area contributed by atoms with Crippen LogP contribution < -0.4 is 0 Å². The van der Waals surface area contributed by atoms with E-state index in [4.69, 9.17) is 28.3 Å². The molecule has 62 valence electrons. The molecule has 0 aliphatic rings. The number of carboxylic acids is 1. The number of aliphatic carboxylic acids is 1. The van der Waals surface area contributed by atoms with Crippen molar-refractivity contribution in [3.05, 3.63) is 9.90 Å². The van der Waals surface area contributed by atoms with E-state index in [-0.39, 0.29) is 10.1 Å². The standard InChI is InChI=1S/C5H4Cl2O3S/c6-1-4(7)11-2-3(8)5(9)10/h1H,2H2,(H,9,10)/b4-1+. The summed E-state index contributed by atoms with van der Waals surface area (Å²) in [5, 5.41) is 8.11. The van der Waals surface area contributed by atoms with Gasteiger partial charge in [0, 0.05) is 5.54 Å². The first-order valence-electron chi connectivity index (χ1n) is 2.42. The van der Waals surface area contributed by atoms with Gasteiger partial charge in [0.1, 0.15) is 0 Å². The van der Waals surface area contributed by atoms with Crippen LogP contribution in [0.25, 0.3) is 0 Å². The molecular weight excluding hydrogens is 211 g/mol. The lowest BCUT2D eigenvalue weighted by Crippen LogP contribution is -2.14. The first-order valence-corrected chi connectivity index (χ1v) is 4.22. The highest BCUT2D eigenvalue weighted by molar-refractivity contribution is 8.05. The van der Waals surface area contributed by atoms with Gasteiger partial charge in [-0.2, -0.15) is 0 Å². The highest BCUT2D eigenvalue weighted by Gasteiger charge is 2.11. The topological polar surface area (TPSA) is 54.4 Å². The molecule has 0 heterocycles. The first kappa shape index (κ1) is 10.8. The monoisotopic (exact) mass is 214 g/mol. The van der Waals surface area contributed by atoms with Crippen LogP contribution >= 0.6 is 35.0 Å². The van der Waals surface area contributed by atoms with E-state index in [1.807, 2.05) is 0 Å². The molecule has 0 unspecified atom stereocenters. The lowest BCUT2D eigenvalue weighted by molar-refractivity contribution is -0.147. The molecule has 0 saturated heterocycles. The molecule has 0 aromatic heterocycles. The van der Waals surface area contributed by atoms with E-state index in [0.29, 0.717) is 0 Å². The zero-order valence-electron chi connectivity index (χ0n) is 5.21. The Morgan fingerprint density at radius 2 is 2.09 bits per heavy atom. The second kappa shape index (κ2) is 5.46. The van der Waals surface area contributed by atoms with Gasteiger partial charge in [0.2, 0.25) is 5.78 Å². The molecule has 0 fully saturated rings. The molecule has 0 aliphatic heterocycles. The molecule has 0 amide bonds. The number of thioether (sulfide) groups is 1. The van der Waals surface area contributed by atoms with Crippen LogP contribution in [0.5, 0.6) is 0 Å². The number of ketones is 1.